The smallest absolute Gasteiger partial charge is 0.307 e. The van der Waals surface area contributed by atoms with Gasteiger partial charge in [0.05, 0.1) is 6.42 Å². The van der Waals surface area contributed by atoms with Crippen LogP contribution in [0.3, 0.4) is 0 Å². The number of hydrogen-bond acceptors (Lipinski definition) is 3. The van der Waals surface area contributed by atoms with Crippen LogP contribution in [0.25, 0.3) is 0 Å². The van der Waals surface area contributed by atoms with E-state index >= 15 is 0 Å². The number of carbonyl (C=O) groups is 2. The number of anilines is 1. The Hall–Kier alpha value is -1.88. The van der Waals surface area contributed by atoms with Crippen LogP contribution in [0.15, 0.2) is 24.3 Å². The number of benzene rings is 1. The first-order valence-electron chi connectivity index (χ1n) is 5.76. The summed E-state index contributed by atoms with van der Waals surface area (Å²) >= 11 is 0. The minimum Gasteiger partial charge on any atom is -0.481 e. The lowest BCUT2D eigenvalue weighted by Gasteiger charge is -2.12. The summed E-state index contributed by atoms with van der Waals surface area (Å²) in [6.45, 7) is 3.95. The van der Waals surface area contributed by atoms with Crippen molar-refractivity contribution in [2.75, 3.05) is 11.9 Å². The molecule has 98 valence electrons. The van der Waals surface area contributed by atoms with Gasteiger partial charge in [0.2, 0.25) is 0 Å². The van der Waals surface area contributed by atoms with Crippen molar-refractivity contribution >= 4 is 17.6 Å². The van der Waals surface area contributed by atoms with Crippen molar-refractivity contribution in [3.63, 3.8) is 0 Å². The van der Waals surface area contributed by atoms with Gasteiger partial charge in [-0.25, -0.2) is 0 Å². The van der Waals surface area contributed by atoms with Crippen molar-refractivity contribution in [3.8, 4) is 0 Å². The molecule has 1 amide bonds. The molecule has 2 N–H and O–H groups in total. The third kappa shape index (κ3) is 4.55. The van der Waals surface area contributed by atoms with Gasteiger partial charge in [-0.1, -0.05) is 12.1 Å². The van der Waals surface area contributed by atoms with Crippen molar-refractivity contribution < 1.29 is 19.4 Å². The lowest BCUT2D eigenvalue weighted by Crippen LogP contribution is -2.27. The number of ether oxygens (including phenoxy) is 1. The highest BCUT2D eigenvalue weighted by Crippen LogP contribution is 2.12. The standard InChI is InChI=1S/C13H17NO4/c1-3-18-9(2)13(17)14-11-6-4-5-10(7-11)8-12(15)16/h4-7,9H,3,8H2,1-2H3,(H,14,17)(H,15,16). The van der Waals surface area contributed by atoms with Crippen LogP contribution in [-0.2, 0) is 20.7 Å². The van der Waals surface area contributed by atoms with Crippen LogP contribution < -0.4 is 5.32 Å². The first kappa shape index (κ1) is 14.2. The number of aliphatic carboxylic acids is 1. The SMILES string of the molecule is CCOC(C)C(=O)Nc1cccc(CC(=O)O)c1. The number of nitrogens with one attached hydrogen (secondary N) is 1. The molecule has 0 bridgehead atoms. The van der Waals surface area contributed by atoms with E-state index in [1.54, 1.807) is 31.2 Å². The molecule has 0 aliphatic carbocycles. The predicted octanol–water partition coefficient (Wildman–Crippen LogP) is 1.68. The summed E-state index contributed by atoms with van der Waals surface area (Å²) in [6, 6.07) is 6.77. The molecule has 18 heavy (non-hydrogen) atoms. The molecule has 0 radical (unpaired) electrons. The van der Waals surface area contributed by atoms with E-state index in [9.17, 15) is 9.59 Å². The third-order valence-electron chi connectivity index (χ3n) is 2.34. The van der Waals surface area contributed by atoms with Crippen molar-refractivity contribution in [3.05, 3.63) is 29.8 Å². The third-order valence-corrected chi connectivity index (χ3v) is 2.34. The fourth-order valence-corrected chi connectivity index (χ4v) is 1.50. The molecule has 1 unspecified atom stereocenters. The molecule has 5 heteroatoms. The van der Waals surface area contributed by atoms with Gasteiger partial charge in [-0.15, -0.1) is 0 Å². The second kappa shape index (κ2) is 6.76. The van der Waals surface area contributed by atoms with E-state index in [1.165, 1.54) is 0 Å². The largest absolute Gasteiger partial charge is 0.481 e. The first-order valence-corrected chi connectivity index (χ1v) is 5.76. The van der Waals surface area contributed by atoms with Crippen LogP contribution in [0.1, 0.15) is 19.4 Å². The van der Waals surface area contributed by atoms with Gasteiger partial charge in [-0.05, 0) is 31.5 Å². The van der Waals surface area contributed by atoms with E-state index in [0.717, 1.165) is 0 Å². The lowest BCUT2D eigenvalue weighted by atomic mass is 10.1. The van der Waals surface area contributed by atoms with Crippen LogP contribution in [0.2, 0.25) is 0 Å². The molecule has 0 saturated heterocycles. The first-order chi connectivity index (χ1) is 8.52. The maximum Gasteiger partial charge on any atom is 0.307 e. The molecule has 1 rings (SSSR count). The quantitative estimate of drug-likeness (QED) is 0.806. The van der Waals surface area contributed by atoms with Gasteiger partial charge in [-0.2, -0.15) is 0 Å². The Labute approximate surface area is 106 Å². The molecule has 0 heterocycles. The molecule has 1 aromatic carbocycles. The van der Waals surface area contributed by atoms with Gasteiger partial charge >= 0.3 is 5.97 Å². The van der Waals surface area contributed by atoms with Crippen molar-refractivity contribution in [2.45, 2.75) is 26.4 Å². The van der Waals surface area contributed by atoms with Crippen molar-refractivity contribution in [2.24, 2.45) is 0 Å². The zero-order valence-electron chi connectivity index (χ0n) is 10.5. The fraction of sp³-hybridized carbons (Fsp3) is 0.385. The highest BCUT2D eigenvalue weighted by atomic mass is 16.5. The van der Waals surface area contributed by atoms with Crippen LogP contribution in [-0.4, -0.2) is 29.7 Å². The molecular weight excluding hydrogens is 234 g/mol. The lowest BCUT2D eigenvalue weighted by molar-refractivity contribution is -0.136. The van der Waals surface area contributed by atoms with Crippen LogP contribution >= 0.6 is 0 Å². The maximum atomic E-state index is 11.7. The van der Waals surface area contributed by atoms with Gasteiger partial charge in [0.1, 0.15) is 6.10 Å². The summed E-state index contributed by atoms with van der Waals surface area (Å²) in [5.74, 6) is -1.15. The molecule has 0 aliphatic heterocycles. The summed E-state index contributed by atoms with van der Waals surface area (Å²) in [5.41, 5.74) is 1.22. The van der Waals surface area contributed by atoms with Gasteiger partial charge < -0.3 is 15.2 Å². The van der Waals surface area contributed by atoms with Gasteiger partial charge in [0, 0.05) is 12.3 Å². The summed E-state index contributed by atoms with van der Waals surface area (Å²) in [7, 11) is 0. The van der Waals surface area contributed by atoms with Crippen LogP contribution in [0, 0.1) is 0 Å². The Morgan fingerprint density at radius 1 is 1.44 bits per heavy atom. The Bertz CT molecular complexity index is 431. The summed E-state index contributed by atoms with van der Waals surface area (Å²) < 4.78 is 5.16. The van der Waals surface area contributed by atoms with Gasteiger partial charge in [-0.3, -0.25) is 9.59 Å². The average molecular weight is 251 g/mol. The minimum absolute atomic E-state index is 0.0648. The Morgan fingerprint density at radius 3 is 2.78 bits per heavy atom. The summed E-state index contributed by atoms with van der Waals surface area (Å²) in [6.07, 6.45) is -0.594. The highest BCUT2D eigenvalue weighted by molar-refractivity contribution is 5.94. The monoisotopic (exact) mass is 251 g/mol. The topological polar surface area (TPSA) is 75.6 Å². The molecule has 0 aromatic heterocycles. The molecule has 0 aliphatic rings. The minimum atomic E-state index is -0.902. The molecule has 0 spiro atoms. The zero-order valence-corrected chi connectivity index (χ0v) is 10.5. The highest BCUT2D eigenvalue weighted by Gasteiger charge is 2.12. The van der Waals surface area contributed by atoms with E-state index in [2.05, 4.69) is 5.32 Å². The number of amides is 1. The van der Waals surface area contributed by atoms with E-state index in [4.69, 9.17) is 9.84 Å². The van der Waals surface area contributed by atoms with Gasteiger partial charge in [0.25, 0.3) is 5.91 Å². The number of carboxylic acids is 1. The molecule has 1 aromatic rings. The van der Waals surface area contributed by atoms with Crippen molar-refractivity contribution in [1.82, 2.24) is 0 Å². The number of rotatable bonds is 6. The van der Waals surface area contributed by atoms with E-state index in [-0.39, 0.29) is 12.3 Å². The molecule has 0 saturated carbocycles. The molecule has 1 atom stereocenters. The van der Waals surface area contributed by atoms with Crippen LogP contribution in [0.5, 0.6) is 0 Å². The second-order valence-corrected chi connectivity index (χ2v) is 3.86. The fourth-order valence-electron chi connectivity index (χ4n) is 1.50. The van der Waals surface area contributed by atoms with Gasteiger partial charge in [0.15, 0.2) is 0 Å². The zero-order chi connectivity index (χ0) is 13.5. The Balaban J connectivity index is 2.67. The number of carboxylic acid groups (broad SMARTS) is 1. The van der Waals surface area contributed by atoms with E-state index < -0.39 is 12.1 Å². The normalized spacial score (nSPS) is 11.9. The average Bonchev–Trinajstić information content (AvgIpc) is 2.28. The van der Waals surface area contributed by atoms with Crippen LogP contribution in [0.4, 0.5) is 5.69 Å². The molecule has 0 fully saturated rings. The van der Waals surface area contributed by atoms with E-state index in [0.29, 0.717) is 17.9 Å². The molecular formula is C13H17NO4. The second-order valence-electron chi connectivity index (χ2n) is 3.86. The van der Waals surface area contributed by atoms with E-state index in [1.807, 2.05) is 6.92 Å². The number of hydrogen-bond donors (Lipinski definition) is 2. The summed E-state index contributed by atoms with van der Waals surface area (Å²) in [4.78, 5) is 22.3. The number of carbonyl (C=O) groups excluding carboxylic acids is 1. The Kier molecular flexibility index (Phi) is 5.32. The summed E-state index contributed by atoms with van der Waals surface area (Å²) in [5, 5.41) is 11.4. The Morgan fingerprint density at radius 2 is 2.17 bits per heavy atom. The maximum absolute atomic E-state index is 11.7. The molecule has 5 nitrogen and oxygen atoms in total. The predicted molar refractivity (Wildman–Crippen MR) is 67.5 cm³/mol. The van der Waals surface area contributed by atoms with Crippen molar-refractivity contribution in [1.29, 1.82) is 0 Å².